The third kappa shape index (κ3) is 3.37. The van der Waals surface area contributed by atoms with Crippen LogP contribution in [-0.4, -0.2) is 7.11 Å². The van der Waals surface area contributed by atoms with E-state index in [1.807, 2.05) is 55.5 Å². The lowest BCUT2D eigenvalue weighted by molar-refractivity contribution is -0.0999. The molecular formula is C21H19NO4. The van der Waals surface area contributed by atoms with Crippen LogP contribution in [0.2, 0.25) is 0 Å². The van der Waals surface area contributed by atoms with Crippen LogP contribution < -0.4 is 24.6 Å². The van der Waals surface area contributed by atoms with E-state index in [0.29, 0.717) is 11.5 Å². The molecule has 132 valence electrons. The molecule has 0 aromatic heterocycles. The zero-order valence-corrected chi connectivity index (χ0v) is 14.6. The van der Waals surface area contributed by atoms with Gasteiger partial charge in [-0.15, -0.1) is 0 Å². The molecule has 1 heterocycles. The van der Waals surface area contributed by atoms with Crippen LogP contribution in [0.4, 0.5) is 5.69 Å². The monoisotopic (exact) mass is 349 g/mol. The molecule has 0 saturated carbocycles. The molecule has 0 spiro atoms. The quantitative estimate of drug-likeness (QED) is 0.525. The van der Waals surface area contributed by atoms with Crippen LogP contribution in [-0.2, 0) is 0 Å². The number of fused-ring (bicyclic) bond motifs is 1. The largest absolute Gasteiger partial charge is 0.497 e. The Morgan fingerprint density at radius 1 is 0.808 bits per heavy atom. The van der Waals surface area contributed by atoms with Gasteiger partial charge in [-0.3, -0.25) is 9.78 Å². The van der Waals surface area contributed by atoms with E-state index in [1.165, 1.54) is 5.56 Å². The van der Waals surface area contributed by atoms with Gasteiger partial charge in [-0.25, -0.2) is 0 Å². The van der Waals surface area contributed by atoms with E-state index in [4.69, 9.17) is 19.2 Å². The van der Waals surface area contributed by atoms with Crippen LogP contribution >= 0.6 is 0 Å². The van der Waals surface area contributed by atoms with Gasteiger partial charge in [0.2, 0.25) is 0 Å². The Balaban J connectivity index is 1.38. The Morgan fingerprint density at radius 3 is 2.08 bits per heavy atom. The van der Waals surface area contributed by atoms with Gasteiger partial charge in [0.15, 0.2) is 17.7 Å². The van der Waals surface area contributed by atoms with Crippen LogP contribution in [0.1, 0.15) is 17.4 Å². The van der Waals surface area contributed by atoms with E-state index in [2.05, 4.69) is 11.4 Å². The number of ether oxygens (including phenoxy) is 2. The average molecular weight is 349 g/mol. The smallest absolute Gasteiger partial charge is 0.196 e. The van der Waals surface area contributed by atoms with Gasteiger partial charge in [-0.05, 0) is 73.2 Å². The Labute approximate surface area is 152 Å². The lowest BCUT2D eigenvalue weighted by atomic mass is 10.2. The normalized spacial score (nSPS) is 14.8. The first kappa shape index (κ1) is 16.1. The molecular weight excluding hydrogens is 330 g/mol. The molecule has 0 fully saturated rings. The molecule has 4 rings (SSSR count). The van der Waals surface area contributed by atoms with E-state index in [-0.39, 0.29) is 6.23 Å². The third-order valence-corrected chi connectivity index (χ3v) is 4.14. The minimum Gasteiger partial charge on any atom is -0.497 e. The molecule has 0 saturated heterocycles. The third-order valence-electron chi connectivity index (χ3n) is 4.14. The summed E-state index contributed by atoms with van der Waals surface area (Å²) >= 11 is 0. The van der Waals surface area contributed by atoms with Crippen molar-refractivity contribution in [1.82, 2.24) is 0 Å². The summed E-state index contributed by atoms with van der Waals surface area (Å²) in [6.07, 6.45) is -0.205. The van der Waals surface area contributed by atoms with Crippen molar-refractivity contribution in [2.45, 2.75) is 13.2 Å². The standard InChI is InChI=1S/C21H19NO4/c1-14-3-12-19-20(13-14)24-21(22-19)15-4-6-17(7-5-15)25-26-18-10-8-16(23-2)9-11-18/h3-13,21-22H,1-2H3. The second kappa shape index (κ2) is 6.88. The molecule has 1 aliphatic heterocycles. The number of nitrogens with one attached hydrogen (secondary N) is 1. The van der Waals surface area contributed by atoms with Crippen LogP contribution in [0, 0.1) is 6.92 Å². The van der Waals surface area contributed by atoms with Crippen molar-refractivity contribution < 1.29 is 19.2 Å². The molecule has 0 aliphatic carbocycles. The SMILES string of the molecule is COc1ccc(OOc2ccc(C3Nc4ccc(C)cc4O3)cc2)cc1. The van der Waals surface area contributed by atoms with Crippen molar-refractivity contribution in [3.8, 4) is 23.0 Å². The summed E-state index contributed by atoms with van der Waals surface area (Å²) in [5.74, 6) is 2.84. The van der Waals surface area contributed by atoms with Gasteiger partial charge in [0.25, 0.3) is 0 Å². The summed E-state index contributed by atoms with van der Waals surface area (Å²) in [6.45, 7) is 2.05. The maximum Gasteiger partial charge on any atom is 0.196 e. The van der Waals surface area contributed by atoms with Crippen molar-refractivity contribution in [2.24, 2.45) is 0 Å². The lowest BCUT2D eigenvalue weighted by Gasteiger charge is -2.12. The maximum absolute atomic E-state index is 5.97. The summed E-state index contributed by atoms with van der Waals surface area (Å²) in [6, 6.07) is 20.9. The average Bonchev–Trinajstić information content (AvgIpc) is 3.10. The topological polar surface area (TPSA) is 49.0 Å². The zero-order chi connectivity index (χ0) is 17.9. The van der Waals surface area contributed by atoms with Crippen molar-refractivity contribution in [1.29, 1.82) is 0 Å². The van der Waals surface area contributed by atoms with Gasteiger partial charge in [0.1, 0.15) is 11.5 Å². The second-order valence-electron chi connectivity index (χ2n) is 6.05. The van der Waals surface area contributed by atoms with Gasteiger partial charge in [-0.1, -0.05) is 6.07 Å². The van der Waals surface area contributed by atoms with Gasteiger partial charge in [0, 0.05) is 5.56 Å². The molecule has 3 aromatic carbocycles. The fraction of sp³-hybridized carbons (Fsp3) is 0.143. The highest BCUT2D eigenvalue weighted by molar-refractivity contribution is 5.62. The molecule has 1 unspecified atom stereocenters. The number of benzene rings is 3. The minimum atomic E-state index is -0.205. The predicted octanol–water partition coefficient (Wildman–Crippen LogP) is 4.88. The molecule has 1 aliphatic rings. The number of rotatable bonds is 5. The van der Waals surface area contributed by atoms with E-state index < -0.39 is 0 Å². The number of anilines is 1. The van der Waals surface area contributed by atoms with Crippen molar-refractivity contribution in [3.63, 3.8) is 0 Å². The summed E-state index contributed by atoms with van der Waals surface area (Å²) in [4.78, 5) is 10.7. The number of hydrogen-bond acceptors (Lipinski definition) is 5. The molecule has 5 nitrogen and oxygen atoms in total. The molecule has 3 aromatic rings. The highest BCUT2D eigenvalue weighted by atomic mass is 17.2. The van der Waals surface area contributed by atoms with Crippen molar-refractivity contribution >= 4 is 5.69 Å². The molecule has 5 heteroatoms. The van der Waals surface area contributed by atoms with Crippen LogP contribution in [0.5, 0.6) is 23.0 Å². The summed E-state index contributed by atoms with van der Waals surface area (Å²) in [5.41, 5.74) is 3.19. The Kier molecular flexibility index (Phi) is 4.27. The van der Waals surface area contributed by atoms with Gasteiger partial charge in [0.05, 0.1) is 12.8 Å². The molecule has 0 bridgehead atoms. The Morgan fingerprint density at radius 2 is 1.42 bits per heavy atom. The van der Waals surface area contributed by atoms with Crippen LogP contribution in [0.3, 0.4) is 0 Å². The summed E-state index contributed by atoms with van der Waals surface area (Å²) in [5, 5.41) is 3.36. The Bertz CT molecular complexity index is 891. The first-order valence-electron chi connectivity index (χ1n) is 8.34. The number of methoxy groups -OCH3 is 1. The highest BCUT2D eigenvalue weighted by Gasteiger charge is 2.23. The van der Waals surface area contributed by atoms with Gasteiger partial charge >= 0.3 is 0 Å². The van der Waals surface area contributed by atoms with Crippen molar-refractivity contribution in [2.75, 3.05) is 12.4 Å². The van der Waals surface area contributed by atoms with E-state index in [0.717, 1.165) is 22.7 Å². The highest BCUT2D eigenvalue weighted by Crippen LogP contribution is 2.38. The molecule has 1 N–H and O–H groups in total. The van der Waals surface area contributed by atoms with E-state index in [1.54, 1.807) is 19.2 Å². The lowest BCUT2D eigenvalue weighted by Crippen LogP contribution is -2.10. The van der Waals surface area contributed by atoms with E-state index >= 15 is 0 Å². The molecule has 0 radical (unpaired) electrons. The van der Waals surface area contributed by atoms with E-state index in [9.17, 15) is 0 Å². The second-order valence-corrected chi connectivity index (χ2v) is 6.05. The number of aryl methyl sites for hydroxylation is 1. The predicted molar refractivity (Wildman–Crippen MR) is 98.9 cm³/mol. The number of hydrogen-bond donors (Lipinski definition) is 1. The molecule has 26 heavy (non-hydrogen) atoms. The van der Waals surface area contributed by atoms with Crippen LogP contribution in [0.15, 0.2) is 66.7 Å². The first-order valence-corrected chi connectivity index (χ1v) is 8.34. The van der Waals surface area contributed by atoms with Crippen LogP contribution in [0.25, 0.3) is 0 Å². The van der Waals surface area contributed by atoms with Gasteiger partial charge in [-0.2, -0.15) is 0 Å². The molecule has 1 atom stereocenters. The van der Waals surface area contributed by atoms with Gasteiger partial charge < -0.3 is 14.8 Å². The Hall–Kier alpha value is -3.34. The maximum atomic E-state index is 5.97. The first-order chi connectivity index (χ1) is 12.7. The van der Waals surface area contributed by atoms with Crippen molar-refractivity contribution in [3.05, 3.63) is 77.9 Å². The molecule has 0 amide bonds. The zero-order valence-electron chi connectivity index (χ0n) is 14.6. The summed E-state index contributed by atoms with van der Waals surface area (Å²) in [7, 11) is 1.62. The minimum absolute atomic E-state index is 0.205. The summed E-state index contributed by atoms with van der Waals surface area (Å²) < 4.78 is 11.1. The fourth-order valence-corrected chi connectivity index (χ4v) is 2.72. The fourth-order valence-electron chi connectivity index (χ4n) is 2.72.